The summed E-state index contributed by atoms with van der Waals surface area (Å²) in [7, 11) is 0. The van der Waals surface area contributed by atoms with Gasteiger partial charge in [-0.3, -0.25) is 9.59 Å². The Morgan fingerprint density at radius 3 is 2.18 bits per heavy atom. The summed E-state index contributed by atoms with van der Waals surface area (Å²) >= 11 is 3.39. The van der Waals surface area contributed by atoms with Crippen molar-refractivity contribution in [2.75, 3.05) is 32.7 Å². The maximum Gasteiger partial charge on any atom is 0.490 e. The van der Waals surface area contributed by atoms with Crippen LogP contribution in [0.25, 0.3) is 0 Å². The molecule has 2 aromatic carbocycles. The van der Waals surface area contributed by atoms with Gasteiger partial charge >= 0.3 is 12.1 Å². The number of halogens is 5. The number of carboxylic acids is 1. The standard InChI is InChI=1S/C20H21BrFN3O2.C2HF3O2/c21-17-6-4-15(5-7-17)13-25(14-19(26)24-10-8-23-9-11-24)20(27)16-2-1-3-18(22)12-16;3-2(4,5)1(6)7/h1-7,12,23H,8-11,13-14H2;(H,6,7). The first-order valence-electron chi connectivity index (χ1n) is 10.0. The maximum atomic E-state index is 13.6. The average Bonchev–Trinajstić information content (AvgIpc) is 2.80. The van der Waals surface area contributed by atoms with Gasteiger partial charge in [-0.15, -0.1) is 0 Å². The quantitative estimate of drug-likeness (QED) is 0.560. The summed E-state index contributed by atoms with van der Waals surface area (Å²) in [4.78, 5) is 37.8. The molecule has 1 fully saturated rings. The first kappa shape index (κ1) is 27.3. The molecular weight excluding hydrogens is 526 g/mol. The van der Waals surface area contributed by atoms with Crippen molar-refractivity contribution in [1.29, 1.82) is 0 Å². The van der Waals surface area contributed by atoms with E-state index in [1.165, 1.54) is 23.1 Å². The highest BCUT2D eigenvalue weighted by Crippen LogP contribution is 2.15. The van der Waals surface area contributed by atoms with Gasteiger partial charge in [0.15, 0.2) is 0 Å². The Morgan fingerprint density at radius 2 is 1.65 bits per heavy atom. The largest absolute Gasteiger partial charge is 0.490 e. The van der Waals surface area contributed by atoms with E-state index in [2.05, 4.69) is 21.2 Å². The predicted molar refractivity (Wildman–Crippen MR) is 118 cm³/mol. The van der Waals surface area contributed by atoms with Gasteiger partial charge in [0.25, 0.3) is 5.91 Å². The fraction of sp³-hybridized carbons (Fsp3) is 0.318. The normalized spacial score (nSPS) is 13.5. The van der Waals surface area contributed by atoms with Gasteiger partial charge in [-0.2, -0.15) is 13.2 Å². The summed E-state index contributed by atoms with van der Waals surface area (Å²) in [6.07, 6.45) is -5.08. The first-order chi connectivity index (χ1) is 16.0. The van der Waals surface area contributed by atoms with Gasteiger partial charge in [0.2, 0.25) is 5.91 Å². The number of nitrogens with zero attached hydrogens (tertiary/aromatic N) is 2. The second-order valence-electron chi connectivity index (χ2n) is 7.23. The molecule has 1 heterocycles. The minimum atomic E-state index is -5.08. The van der Waals surface area contributed by atoms with Crippen molar-refractivity contribution in [3.63, 3.8) is 0 Å². The van der Waals surface area contributed by atoms with E-state index in [9.17, 15) is 27.2 Å². The van der Waals surface area contributed by atoms with Gasteiger partial charge in [-0.25, -0.2) is 9.18 Å². The summed E-state index contributed by atoms with van der Waals surface area (Å²) in [6, 6.07) is 13.1. The maximum absolute atomic E-state index is 13.6. The molecule has 1 aliphatic rings. The Bertz CT molecular complexity index is 996. The highest BCUT2D eigenvalue weighted by molar-refractivity contribution is 9.10. The van der Waals surface area contributed by atoms with Crippen LogP contribution in [0.3, 0.4) is 0 Å². The van der Waals surface area contributed by atoms with Gasteiger partial charge in [0, 0.05) is 42.8 Å². The van der Waals surface area contributed by atoms with Crippen LogP contribution < -0.4 is 5.32 Å². The van der Waals surface area contributed by atoms with E-state index in [1.54, 1.807) is 11.0 Å². The number of carboxylic acid groups (broad SMARTS) is 1. The molecule has 0 aliphatic carbocycles. The number of alkyl halides is 3. The van der Waals surface area contributed by atoms with Crippen molar-refractivity contribution in [3.05, 3.63) is 69.9 Å². The zero-order chi connectivity index (χ0) is 25.3. The SMILES string of the molecule is O=C(CN(Cc1ccc(Br)cc1)C(=O)c1cccc(F)c1)N1CCNCC1.O=C(O)C(F)(F)F. The lowest BCUT2D eigenvalue weighted by molar-refractivity contribution is -0.192. The van der Waals surface area contributed by atoms with Gasteiger partial charge < -0.3 is 20.2 Å². The molecule has 1 saturated heterocycles. The number of nitrogens with one attached hydrogen (secondary N) is 1. The summed E-state index contributed by atoms with van der Waals surface area (Å²) in [6.45, 7) is 2.98. The fourth-order valence-corrected chi connectivity index (χ4v) is 3.26. The molecule has 0 radical (unpaired) electrons. The lowest BCUT2D eigenvalue weighted by atomic mass is 10.1. The number of amides is 2. The van der Waals surface area contributed by atoms with E-state index in [4.69, 9.17) is 9.90 Å². The summed E-state index contributed by atoms with van der Waals surface area (Å²) in [5.41, 5.74) is 1.14. The number of benzene rings is 2. The Hall–Kier alpha value is -2.99. The molecule has 34 heavy (non-hydrogen) atoms. The van der Waals surface area contributed by atoms with Gasteiger partial charge in [0.1, 0.15) is 12.4 Å². The van der Waals surface area contributed by atoms with Crippen LogP contribution >= 0.6 is 15.9 Å². The summed E-state index contributed by atoms with van der Waals surface area (Å²) in [5, 5.41) is 10.3. The molecule has 0 bridgehead atoms. The lowest BCUT2D eigenvalue weighted by Gasteiger charge is -2.30. The molecule has 2 aromatic rings. The smallest absolute Gasteiger partial charge is 0.475 e. The zero-order valence-electron chi connectivity index (χ0n) is 17.8. The van der Waals surface area contributed by atoms with E-state index >= 15 is 0 Å². The topological polar surface area (TPSA) is 90.0 Å². The molecule has 0 unspecified atom stereocenters. The Kier molecular flexibility index (Phi) is 9.99. The number of carbonyl (C=O) groups is 3. The molecule has 2 amide bonds. The van der Waals surface area contributed by atoms with Crippen LogP contribution in [0.4, 0.5) is 17.6 Å². The van der Waals surface area contributed by atoms with Crippen molar-refractivity contribution in [3.8, 4) is 0 Å². The molecule has 12 heteroatoms. The van der Waals surface area contributed by atoms with Crippen molar-refractivity contribution < 1.29 is 37.1 Å². The van der Waals surface area contributed by atoms with Crippen LogP contribution in [0.15, 0.2) is 53.0 Å². The van der Waals surface area contributed by atoms with E-state index in [0.29, 0.717) is 13.1 Å². The molecule has 7 nitrogen and oxygen atoms in total. The van der Waals surface area contributed by atoms with Crippen LogP contribution in [0.2, 0.25) is 0 Å². The third-order valence-electron chi connectivity index (χ3n) is 4.68. The second-order valence-corrected chi connectivity index (χ2v) is 8.15. The molecule has 0 spiro atoms. The van der Waals surface area contributed by atoms with E-state index < -0.39 is 18.0 Å². The molecule has 3 rings (SSSR count). The Morgan fingerprint density at radius 1 is 1.06 bits per heavy atom. The van der Waals surface area contributed by atoms with Gasteiger partial charge in [-0.05, 0) is 35.9 Å². The lowest BCUT2D eigenvalue weighted by Crippen LogP contribution is -2.50. The van der Waals surface area contributed by atoms with Crippen molar-refractivity contribution >= 4 is 33.7 Å². The molecule has 0 atom stereocenters. The van der Waals surface area contributed by atoms with Gasteiger partial charge in [-0.1, -0.05) is 34.1 Å². The molecule has 0 aromatic heterocycles. The molecule has 0 saturated carbocycles. The summed E-state index contributed by atoms with van der Waals surface area (Å²) < 4.78 is 46.2. The number of aliphatic carboxylic acids is 1. The minimum absolute atomic E-state index is 0.0363. The third kappa shape index (κ3) is 8.75. The molecule has 1 aliphatic heterocycles. The Balaban J connectivity index is 0.000000509. The van der Waals surface area contributed by atoms with Crippen LogP contribution in [0.5, 0.6) is 0 Å². The monoisotopic (exact) mass is 547 g/mol. The first-order valence-corrected chi connectivity index (χ1v) is 10.8. The van der Waals surface area contributed by atoms with Gasteiger partial charge in [0.05, 0.1) is 0 Å². The minimum Gasteiger partial charge on any atom is -0.475 e. The number of piperazine rings is 1. The predicted octanol–water partition coefficient (Wildman–Crippen LogP) is 3.30. The van der Waals surface area contributed by atoms with E-state index in [1.807, 2.05) is 24.3 Å². The van der Waals surface area contributed by atoms with Crippen LogP contribution in [0, 0.1) is 5.82 Å². The number of hydrogen-bond acceptors (Lipinski definition) is 4. The van der Waals surface area contributed by atoms with Crippen molar-refractivity contribution in [2.45, 2.75) is 12.7 Å². The van der Waals surface area contributed by atoms with E-state index in [0.717, 1.165) is 23.1 Å². The second kappa shape index (κ2) is 12.5. The average molecular weight is 548 g/mol. The van der Waals surface area contributed by atoms with Crippen molar-refractivity contribution in [2.24, 2.45) is 0 Å². The summed E-state index contributed by atoms with van der Waals surface area (Å²) in [5.74, 6) is -3.69. The highest BCUT2D eigenvalue weighted by Gasteiger charge is 2.38. The molecule has 2 N–H and O–H groups in total. The molecular formula is C22H22BrF4N3O4. The highest BCUT2D eigenvalue weighted by atomic mass is 79.9. The fourth-order valence-electron chi connectivity index (χ4n) is 2.99. The number of rotatable bonds is 5. The zero-order valence-corrected chi connectivity index (χ0v) is 19.4. The number of hydrogen-bond donors (Lipinski definition) is 2. The molecule has 184 valence electrons. The van der Waals surface area contributed by atoms with E-state index in [-0.39, 0.29) is 30.5 Å². The van der Waals surface area contributed by atoms with Crippen LogP contribution in [0.1, 0.15) is 15.9 Å². The van der Waals surface area contributed by atoms with Crippen molar-refractivity contribution in [1.82, 2.24) is 15.1 Å². The Labute approximate surface area is 201 Å². The van der Waals surface area contributed by atoms with Crippen LogP contribution in [-0.2, 0) is 16.1 Å². The number of carbonyl (C=O) groups excluding carboxylic acids is 2. The van der Waals surface area contributed by atoms with Crippen LogP contribution in [-0.4, -0.2) is 71.6 Å². The third-order valence-corrected chi connectivity index (χ3v) is 5.21.